The second kappa shape index (κ2) is 8.12. The number of ether oxygens (including phenoxy) is 1. The summed E-state index contributed by atoms with van der Waals surface area (Å²) in [5, 5.41) is 5.54. The molecule has 2 N–H and O–H groups in total. The number of nitrogens with zero attached hydrogens (tertiary/aromatic N) is 1. The summed E-state index contributed by atoms with van der Waals surface area (Å²) in [4.78, 5) is 23.4. The third-order valence-electron chi connectivity index (χ3n) is 3.15. The van der Waals surface area contributed by atoms with Crippen LogP contribution in [0, 0.1) is 11.8 Å². The Hall–Kier alpha value is -1.14. The Morgan fingerprint density at radius 2 is 1.63 bits per heavy atom. The van der Waals surface area contributed by atoms with Crippen LogP contribution in [0.3, 0.4) is 0 Å². The molecule has 110 valence electrons. The van der Waals surface area contributed by atoms with Gasteiger partial charge in [0.05, 0.1) is 6.61 Å². The molecule has 0 saturated carbocycles. The Bertz CT molecular complexity index is 308. The molecule has 6 heteroatoms. The molecule has 2 atom stereocenters. The van der Waals surface area contributed by atoms with Gasteiger partial charge in [-0.1, -0.05) is 0 Å². The highest BCUT2D eigenvalue weighted by molar-refractivity contribution is 5.78. The average molecular weight is 271 g/mol. The Morgan fingerprint density at radius 1 is 1.11 bits per heavy atom. The molecule has 0 radical (unpaired) electrons. The molecular weight excluding hydrogens is 246 g/mol. The summed E-state index contributed by atoms with van der Waals surface area (Å²) in [6.45, 7) is 3.35. The predicted molar refractivity (Wildman–Crippen MR) is 72.7 cm³/mol. The van der Waals surface area contributed by atoms with Crippen molar-refractivity contribution in [2.24, 2.45) is 11.8 Å². The van der Waals surface area contributed by atoms with E-state index in [1.165, 1.54) is 0 Å². The van der Waals surface area contributed by atoms with Gasteiger partial charge in [0.2, 0.25) is 11.8 Å². The summed E-state index contributed by atoms with van der Waals surface area (Å²) in [6, 6.07) is 0. The molecule has 0 spiro atoms. The lowest BCUT2D eigenvalue weighted by molar-refractivity contribution is -0.120. The van der Waals surface area contributed by atoms with Gasteiger partial charge < -0.3 is 20.3 Å². The van der Waals surface area contributed by atoms with Crippen LogP contribution in [-0.2, 0) is 14.3 Å². The van der Waals surface area contributed by atoms with Crippen molar-refractivity contribution in [2.75, 3.05) is 47.4 Å². The number of amides is 2. The van der Waals surface area contributed by atoms with E-state index in [0.717, 1.165) is 19.6 Å². The largest absolute Gasteiger partial charge is 0.384 e. The van der Waals surface area contributed by atoms with Crippen LogP contribution in [0.4, 0.5) is 0 Å². The maximum atomic E-state index is 10.7. The standard InChI is InChI=1S/C7H14N2O.C6H11NO2/c1-9(2)5-6-3-7(10)8-4-6;1-9-4-5-2-6(8)7-3-5/h6H,3-5H2,1-2H3,(H,8,10);5H,2-4H2,1H3,(H,7,8). The molecule has 0 aromatic heterocycles. The van der Waals surface area contributed by atoms with Crippen LogP contribution in [0.5, 0.6) is 0 Å². The van der Waals surface area contributed by atoms with Crippen LogP contribution in [-0.4, -0.2) is 64.2 Å². The highest BCUT2D eigenvalue weighted by Gasteiger charge is 2.21. The average Bonchev–Trinajstić information content (AvgIpc) is 2.89. The molecule has 2 aliphatic heterocycles. The molecule has 2 amide bonds. The van der Waals surface area contributed by atoms with E-state index in [9.17, 15) is 9.59 Å². The molecule has 6 nitrogen and oxygen atoms in total. The highest BCUT2D eigenvalue weighted by atomic mass is 16.5. The molecule has 2 rings (SSSR count). The maximum Gasteiger partial charge on any atom is 0.220 e. The highest BCUT2D eigenvalue weighted by Crippen LogP contribution is 2.08. The molecule has 2 unspecified atom stereocenters. The van der Waals surface area contributed by atoms with Gasteiger partial charge >= 0.3 is 0 Å². The summed E-state index contributed by atoms with van der Waals surface area (Å²) in [6.07, 6.45) is 1.34. The SMILES string of the molecule is CN(C)CC1CNC(=O)C1.COCC1CNC(=O)C1. The van der Waals surface area contributed by atoms with Gasteiger partial charge in [0, 0.05) is 45.5 Å². The fraction of sp³-hybridized carbons (Fsp3) is 0.846. The van der Waals surface area contributed by atoms with Gasteiger partial charge in [0.25, 0.3) is 0 Å². The first-order valence-electron chi connectivity index (χ1n) is 6.68. The molecule has 0 bridgehead atoms. The van der Waals surface area contributed by atoms with Crippen molar-refractivity contribution < 1.29 is 14.3 Å². The van der Waals surface area contributed by atoms with E-state index in [1.807, 2.05) is 14.1 Å². The lowest BCUT2D eigenvalue weighted by Gasteiger charge is -2.13. The maximum absolute atomic E-state index is 10.7. The first-order chi connectivity index (χ1) is 9.01. The molecule has 2 heterocycles. The van der Waals surface area contributed by atoms with Gasteiger partial charge in [0.15, 0.2) is 0 Å². The number of hydrogen-bond acceptors (Lipinski definition) is 4. The van der Waals surface area contributed by atoms with Crippen LogP contribution in [0.15, 0.2) is 0 Å². The molecule has 2 aliphatic rings. The van der Waals surface area contributed by atoms with Crippen molar-refractivity contribution in [3.63, 3.8) is 0 Å². The number of rotatable bonds is 4. The third-order valence-corrected chi connectivity index (χ3v) is 3.15. The van der Waals surface area contributed by atoms with E-state index in [0.29, 0.717) is 31.3 Å². The van der Waals surface area contributed by atoms with Crippen molar-refractivity contribution >= 4 is 11.8 Å². The van der Waals surface area contributed by atoms with E-state index in [2.05, 4.69) is 15.5 Å². The van der Waals surface area contributed by atoms with Crippen LogP contribution in [0.25, 0.3) is 0 Å². The molecular formula is C13H25N3O3. The summed E-state index contributed by atoms with van der Waals surface area (Å²) < 4.78 is 4.88. The van der Waals surface area contributed by atoms with E-state index < -0.39 is 0 Å². The Labute approximate surface area is 114 Å². The third kappa shape index (κ3) is 6.54. The zero-order chi connectivity index (χ0) is 14.3. The van der Waals surface area contributed by atoms with Gasteiger partial charge in [-0.25, -0.2) is 0 Å². The molecule has 19 heavy (non-hydrogen) atoms. The molecule has 0 aromatic carbocycles. The van der Waals surface area contributed by atoms with Crippen LogP contribution >= 0.6 is 0 Å². The fourth-order valence-corrected chi connectivity index (χ4v) is 2.33. The summed E-state index contributed by atoms with van der Waals surface area (Å²) in [7, 11) is 5.72. The zero-order valence-electron chi connectivity index (χ0n) is 12.1. The van der Waals surface area contributed by atoms with E-state index >= 15 is 0 Å². The summed E-state index contributed by atoms with van der Waals surface area (Å²) >= 11 is 0. The second-order valence-electron chi connectivity index (χ2n) is 5.47. The fourth-order valence-electron chi connectivity index (χ4n) is 2.33. The van der Waals surface area contributed by atoms with Crippen LogP contribution in [0.1, 0.15) is 12.8 Å². The normalized spacial score (nSPS) is 25.9. The van der Waals surface area contributed by atoms with Gasteiger partial charge in [0.1, 0.15) is 0 Å². The van der Waals surface area contributed by atoms with Crippen molar-refractivity contribution in [3.05, 3.63) is 0 Å². The lowest BCUT2D eigenvalue weighted by Crippen LogP contribution is -2.23. The van der Waals surface area contributed by atoms with Crippen molar-refractivity contribution in [2.45, 2.75) is 12.8 Å². The van der Waals surface area contributed by atoms with Gasteiger partial charge in [-0.05, 0) is 20.0 Å². The minimum Gasteiger partial charge on any atom is -0.384 e. The van der Waals surface area contributed by atoms with Crippen LogP contribution in [0.2, 0.25) is 0 Å². The van der Waals surface area contributed by atoms with E-state index in [-0.39, 0.29) is 11.8 Å². The smallest absolute Gasteiger partial charge is 0.220 e. The van der Waals surface area contributed by atoms with Crippen molar-refractivity contribution in [1.82, 2.24) is 15.5 Å². The topological polar surface area (TPSA) is 70.7 Å². The van der Waals surface area contributed by atoms with E-state index in [1.54, 1.807) is 7.11 Å². The number of nitrogens with one attached hydrogen (secondary N) is 2. The predicted octanol–water partition coefficient (Wildman–Crippen LogP) is -0.547. The molecule has 0 aliphatic carbocycles. The summed E-state index contributed by atoms with van der Waals surface area (Å²) in [5.41, 5.74) is 0. The second-order valence-corrected chi connectivity index (χ2v) is 5.47. The van der Waals surface area contributed by atoms with E-state index in [4.69, 9.17) is 4.74 Å². The van der Waals surface area contributed by atoms with Gasteiger partial charge in [-0.15, -0.1) is 0 Å². The minimum atomic E-state index is 0.150. The monoisotopic (exact) mass is 271 g/mol. The van der Waals surface area contributed by atoms with Gasteiger partial charge in [-0.3, -0.25) is 9.59 Å². The quantitative estimate of drug-likeness (QED) is 0.720. The molecule has 0 aromatic rings. The first-order valence-corrected chi connectivity index (χ1v) is 6.68. The number of methoxy groups -OCH3 is 1. The Balaban J connectivity index is 0.000000191. The molecule has 2 saturated heterocycles. The van der Waals surface area contributed by atoms with Crippen LogP contribution < -0.4 is 10.6 Å². The number of hydrogen-bond donors (Lipinski definition) is 2. The Morgan fingerprint density at radius 3 is 2.00 bits per heavy atom. The number of carbonyl (C=O) groups is 2. The van der Waals surface area contributed by atoms with Crippen molar-refractivity contribution in [3.8, 4) is 0 Å². The minimum absolute atomic E-state index is 0.150. The Kier molecular flexibility index (Phi) is 6.80. The van der Waals surface area contributed by atoms with Crippen molar-refractivity contribution in [1.29, 1.82) is 0 Å². The van der Waals surface area contributed by atoms with Gasteiger partial charge in [-0.2, -0.15) is 0 Å². The molecule has 2 fully saturated rings. The lowest BCUT2D eigenvalue weighted by atomic mass is 10.1. The zero-order valence-corrected chi connectivity index (χ0v) is 12.1. The number of carbonyl (C=O) groups excluding carboxylic acids is 2. The summed E-state index contributed by atoms with van der Waals surface area (Å²) in [5.74, 6) is 1.29. The first kappa shape index (κ1) is 15.9.